The highest BCUT2D eigenvalue weighted by atomic mass is 32.2. The van der Waals surface area contributed by atoms with E-state index in [0.717, 1.165) is 56.7 Å². The van der Waals surface area contributed by atoms with Gasteiger partial charge in [-0.3, -0.25) is 4.79 Å². The van der Waals surface area contributed by atoms with Gasteiger partial charge in [0.2, 0.25) is 10.0 Å². The van der Waals surface area contributed by atoms with E-state index < -0.39 is 10.0 Å². The number of sulfonamides is 1. The number of amides is 1. The van der Waals surface area contributed by atoms with E-state index in [1.807, 2.05) is 11.8 Å². The fourth-order valence-corrected chi connectivity index (χ4v) is 6.88. The van der Waals surface area contributed by atoms with Crippen molar-refractivity contribution in [2.24, 2.45) is 5.92 Å². The number of anilines is 1. The summed E-state index contributed by atoms with van der Waals surface area (Å²) in [4.78, 5) is 26.6. The van der Waals surface area contributed by atoms with Crippen molar-refractivity contribution in [3.63, 3.8) is 0 Å². The first-order valence-electron chi connectivity index (χ1n) is 13.8. The number of carbonyl (C=O) groups excluding carboxylic acids is 1. The summed E-state index contributed by atoms with van der Waals surface area (Å²) in [5.74, 6) is 1.91. The topological polar surface area (TPSA) is 98.7 Å². The molecular weight excluding hydrogens is 500 g/mol. The van der Waals surface area contributed by atoms with E-state index in [1.165, 1.54) is 28.9 Å². The molecule has 2 atom stereocenters. The van der Waals surface area contributed by atoms with Crippen LogP contribution in [0.15, 0.2) is 36.7 Å². The molecule has 2 aliphatic heterocycles. The first-order valence-corrected chi connectivity index (χ1v) is 15.6. The smallest absolute Gasteiger partial charge is 0.272 e. The van der Waals surface area contributed by atoms with Gasteiger partial charge >= 0.3 is 0 Å². The standard InChI is InChI=1S/C28H40N6O3S/c1-20-26(30-19-31-27(20)29-18-22-17-25(22)21-7-5-4-6-8-21)28(35)34-15-11-24(12-16-34)33-13-9-23(10-14-33)32(2)38(3,36)37/h4-8,19,22-25H,9-18H2,1-3H3,(H,29,30,31)/t22-,25-/m0/s1. The van der Waals surface area contributed by atoms with Crippen LogP contribution in [0.3, 0.4) is 0 Å². The third-order valence-electron chi connectivity index (χ3n) is 8.77. The van der Waals surface area contributed by atoms with Crippen molar-refractivity contribution < 1.29 is 13.2 Å². The van der Waals surface area contributed by atoms with Crippen LogP contribution in [-0.2, 0) is 10.0 Å². The fraction of sp³-hybridized carbons (Fsp3) is 0.607. The number of piperidine rings is 2. The largest absolute Gasteiger partial charge is 0.369 e. The van der Waals surface area contributed by atoms with Gasteiger partial charge in [0.1, 0.15) is 17.8 Å². The van der Waals surface area contributed by atoms with Crippen LogP contribution in [-0.4, -0.2) is 96.5 Å². The molecular formula is C28H40N6O3S. The van der Waals surface area contributed by atoms with Crippen molar-refractivity contribution in [3.05, 3.63) is 53.5 Å². The maximum Gasteiger partial charge on any atom is 0.272 e. The third-order valence-corrected chi connectivity index (χ3v) is 10.1. The second-order valence-electron chi connectivity index (χ2n) is 11.2. The van der Waals surface area contributed by atoms with E-state index in [1.54, 1.807) is 7.05 Å². The number of hydrogen-bond donors (Lipinski definition) is 1. The molecule has 206 valence electrons. The lowest BCUT2D eigenvalue weighted by Gasteiger charge is -2.43. The zero-order valence-corrected chi connectivity index (χ0v) is 23.5. The molecule has 10 heteroatoms. The van der Waals surface area contributed by atoms with Crippen molar-refractivity contribution in [1.29, 1.82) is 0 Å². The molecule has 3 heterocycles. The molecule has 1 amide bonds. The van der Waals surface area contributed by atoms with Gasteiger partial charge in [-0.1, -0.05) is 30.3 Å². The van der Waals surface area contributed by atoms with Crippen molar-refractivity contribution in [3.8, 4) is 0 Å². The van der Waals surface area contributed by atoms with Gasteiger partial charge in [0.15, 0.2) is 0 Å². The highest BCUT2D eigenvalue weighted by Gasteiger charge is 2.38. The highest BCUT2D eigenvalue weighted by Crippen LogP contribution is 2.47. The van der Waals surface area contributed by atoms with Crippen molar-refractivity contribution in [2.75, 3.05) is 51.3 Å². The molecule has 1 aromatic carbocycles. The molecule has 9 nitrogen and oxygen atoms in total. The summed E-state index contributed by atoms with van der Waals surface area (Å²) < 4.78 is 25.3. The number of nitrogens with one attached hydrogen (secondary N) is 1. The lowest BCUT2D eigenvalue weighted by molar-refractivity contribution is 0.0542. The van der Waals surface area contributed by atoms with E-state index in [2.05, 4.69) is 50.5 Å². The number of nitrogens with zero attached hydrogens (tertiary/aromatic N) is 5. The van der Waals surface area contributed by atoms with Gasteiger partial charge in [0.05, 0.1) is 6.26 Å². The Balaban J connectivity index is 1.11. The molecule has 1 saturated carbocycles. The normalized spacial score (nSPS) is 23.5. The Morgan fingerprint density at radius 2 is 1.74 bits per heavy atom. The van der Waals surface area contributed by atoms with Crippen LogP contribution in [0.4, 0.5) is 5.82 Å². The van der Waals surface area contributed by atoms with Gasteiger partial charge in [-0.2, -0.15) is 0 Å². The van der Waals surface area contributed by atoms with Crippen LogP contribution in [0.1, 0.15) is 59.6 Å². The Kier molecular flexibility index (Phi) is 8.02. The number of benzene rings is 1. The van der Waals surface area contributed by atoms with Crippen molar-refractivity contribution in [1.82, 2.24) is 24.1 Å². The fourth-order valence-electron chi connectivity index (χ4n) is 6.12. The molecule has 1 aromatic heterocycles. The minimum Gasteiger partial charge on any atom is -0.369 e. The Morgan fingerprint density at radius 3 is 2.39 bits per heavy atom. The number of rotatable bonds is 8. The SMILES string of the molecule is Cc1c(NC[C@@H]2C[C@H]2c2ccccc2)ncnc1C(=O)N1CCC(N2CCC(N(C)S(C)(=O)=O)CC2)CC1. The van der Waals surface area contributed by atoms with E-state index in [4.69, 9.17) is 0 Å². The number of likely N-dealkylation sites (tertiary alicyclic amines) is 2. The Hall–Kier alpha value is -2.56. The maximum absolute atomic E-state index is 13.4. The summed E-state index contributed by atoms with van der Waals surface area (Å²) in [6, 6.07) is 11.1. The zero-order valence-electron chi connectivity index (χ0n) is 22.7. The molecule has 1 N–H and O–H groups in total. The van der Waals surface area contributed by atoms with Gasteiger partial charge in [0.25, 0.3) is 5.91 Å². The van der Waals surface area contributed by atoms with E-state index in [9.17, 15) is 13.2 Å². The van der Waals surface area contributed by atoms with Gasteiger partial charge < -0.3 is 15.1 Å². The number of hydrogen-bond acceptors (Lipinski definition) is 7. The van der Waals surface area contributed by atoms with Gasteiger partial charge in [-0.15, -0.1) is 0 Å². The van der Waals surface area contributed by atoms with Crippen molar-refractivity contribution in [2.45, 2.75) is 57.0 Å². The van der Waals surface area contributed by atoms with E-state index >= 15 is 0 Å². The first kappa shape index (κ1) is 27.0. The molecule has 2 saturated heterocycles. The lowest BCUT2D eigenvalue weighted by atomic mass is 9.97. The molecule has 0 spiro atoms. The van der Waals surface area contributed by atoms with Crippen LogP contribution < -0.4 is 5.32 Å². The van der Waals surface area contributed by atoms with Gasteiger partial charge in [-0.25, -0.2) is 22.7 Å². The Bertz CT molecular complexity index is 1220. The Labute approximate surface area is 226 Å². The van der Waals surface area contributed by atoms with Crippen LogP contribution in [0.2, 0.25) is 0 Å². The second-order valence-corrected chi connectivity index (χ2v) is 13.2. The van der Waals surface area contributed by atoms with Crippen LogP contribution >= 0.6 is 0 Å². The summed E-state index contributed by atoms with van der Waals surface area (Å²) in [5.41, 5.74) is 2.69. The summed E-state index contributed by atoms with van der Waals surface area (Å²) in [6.45, 7) is 5.98. The molecule has 5 rings (SSSR count). The van der Waals surface area contributed by atoms with Crippen LogP contribution in [0.5, 0.6) is 0 Å². The van der Waals surface area contributed by atoms with Crippen LogP contribution in [0.25, 0.3) is 0 Å². The predicted molar refractivity (Wildman–Crippen MR) is 149 cm³/mol. The maximum atomic E-state index is 13.4. The molecule has 0 radical (unpaired) electrons. The molecule has 1 aliphatic carbocycles. The quantitative estimate of drug-likeness (QED) is 0.550. The van der Waals surface area contributed by atoms with E-state index in [-0.39, 0.29) is 11.9 Å². The van der Waals surface area contributed by atoms with Crippen molar-refractivity contribution >= 4 is 21.7 Å². The molecule has 38 heavy (non-hydrogen) atoms. The average molecular weight is 541 g/mol. The average Bonchev–Trinajstić information content (AvgIpc) is 3.72. The Morgan fingerprint density at radius 1 is 1.05 bits per heavy atom. The zero-order chi connectivity index (χ0) is 26.9. The minimum atomic E-state index is -3.16. The summed E-state index contributed by atoms with van der Waals surface area (Å²) >= 11 is 0. The third kappa shape index (κ3) is 6.02. The molecule has 2 aromatic rings. The summed E-state index contributed by atoms with van der Waals surface area (Å²) in [7, 11) is -1.47. The van der Waals surface area contributed by atoms with E-state index in [0.29, 0.717) is 36.7 Å². The second kappa shape index (κ2) is 11.3. The molecule has 0 bridgehead atoms. The minimum absolute atomic E-state index is 0.0199. The molecule has 0 unspecified atom stereocenters. The molecule has 3 fully saturated rings. The number of carbonyl (C=O) groups is 1. The van der Waals surface area contributed by atoms with Crippen LogP contribution in [0, 0.1) is 12.8 Å². The monoisotopic (exact) mass is 540 g/mol. The predicted octanol–water partition coefficient (Wildman–Crippen LogP) is 2.96. The lowest BCUT2D eigenvalue weighted by Crippen LogP contribution is -2.52. The molecule has 3 aliphatic rings. The highest BCUT2D eigenvalue weighted by molar-refractivity contribution is 7.88. The summed E-state index contributed by atoms with van der Waals surface area (Å²) in [6.07, 6.45) is 7.50. The van der Waals surface area contributed by atoms with Gasteiger partial charge in [-0.05, 0) is 69.5 Å². The number of aromatic nitrogens is 2. The first-order chi connectivity index (χ1) is 18.2. The van der Waals surface area contributed by atoms with Gasteiger partial charge in [0, 0.05) is 44.3 Å². The summed E-state index contributed by atoms with van der Waals surface area (Å²) in [5, 5.41) is 3.47.